The molecule has 0 bridgehead atoms. The van der Waals surface area contributed by atoms with Gasteiger partial charge in [-0.2, -0.15) is 4.57 Å². The largest absolute Gasteiger partial charge is 0.418 e. The van der Waals surface area contributed by atoms with E-state index in [4.69, 9.17) is 4.74 Å². The maximum Gasteiger partial charge on any atom is 0.410 e. The van der Waals surface area contributed by atoms with Crippen LogP contribution >= 0.6 is 0 Å². The van der Waals surface area contributed by atoms with Gasteiger partial charge in [-0.3, -0.25) is 9.78 Å². The first kappa shape index (κ1) is 52.6. The predicted octanol–water partition coefficient (Wildman–Crippen LogP) is 8.93. The van der Waals surface area contributed by atoms with Gasteiger partial charge >= 0.3 is 11.7 Å². The number of ether oxygens (including phenoxy) is 1. The van der Waals surface area contributed by atoms with Crippen molar-refractivity contribution in [3.8, 4) is 5.75 Å². The average Bonchev–Trinajstić information content (AvgIpc) is 3.35. The Bertz CT molecular complexity index is 2960. The lowest BCUT2D eigenvalue weighted by molar-refractivity contribution is -0.686. The molecule has 26 heteroatoms. The first-order valence-corrected chi connectivity index (χ1v) is 19.2. The van der Waals surface area contributed by atoms with Crippen LogP contribution in [0.1, 0.15) is 32.0 Å². The minimum Gasteiger partial charge on any atom is -0.418 e. The van der Waals surface area contributed by atoms with E-state index in [2.05, 4.69) is 4.98 Å². The van der Waals surface area contributed by atoms with E-state index in [0.29, 0.717) is 11.3 Å². The molecule has 1 heterocycles. The van der Waals surface area contributed by atoms with Crippen molar-refractivity contribution in [1.82, 2.24) is 4.98 Å². The zero-order valence-corrected chi connectivity index (χ0v) is 34.8. The van der Waals surface area contributed by atoms with E-state index in [1.807, 2.05) is 38.1 Å². The van der Waals surface area contributed by atoms with Crippen molar-refractivity contribution in [3.05, 3.63) is 206 Å². The molecule has 0 unspecified atom stereocenters. The molecule has 0 fully saturated rings. The van der Waals surface area contributed by atoms with E-state index in [1.165, 1.54) is 12.4 Å². The molecule has 0 aliphatic carbocycles. The second-order valence-electron chi connectivity index (χ2n) is 14.8. The highest BCUT2D eigenvalue weighted by Gasteiger charge is 2.52. The van der Waals surface area contributed by atoms with Gasteiger partial charge in [0, 0.05) is 5.56 Å². The Morgan fingerprint density at radius 1 is 0.479 bits per heavy atom. The molecule has 0 radical (unpaired) electrons. The van der Waals surface area contributed by atoms with Crippen LogP contribution in [0, 0.1) is 130 Å². The molecule has 0 amide bonds. The Morgan fingerprint density at radius 3 is 1.17 bits per heavy atom. The van der Waals surface area contributed by atoms with E-state index >= 15 is 35.1 Å². The Labute approximate surface area is 383 Å². The van der Waals surface area contributed by atoms with Crippen molar-refractivity contribution in [2.24, 2.45) is 0 Å². The number of aromatic nitrogens is 2. The molecule has 7 rings (SSSR count). The Kier molecular flexibility index (Phi) is 14.7. The fraction of sp³-hybridized carbons (Fsp3) is 0.0667. The minimum absolute atomic E-state index is 0.0315. The van der Waals surface area contributed by atoms with Gasteiger partial charge < -0.3 is 4.74 Å². The number of carbonyl (C=O) groups is 2. The number of halogens is 20. The van der Waals surface area contributed by atoms with E-state index < -0.39 is 150 Å². The van der Waals surface area contributed by atoms with Gasteiger partial charge in [0.05, 0.1) is 6.20 Å². The molecular weight excluding hydrogens is 1010 g/mol. The summed E-state index contributed by atoms with van der Waals surface area (Å²) < 4.78 is 301. The van der Waals surface area contributed by atoms with Crippen LogP contribution in [0.15, 0.2) is 67.1 Å². The zero-order valence-electron chi connectivity index (χ0n) is 34.8. The third-order valence-corrected chi connectivity index (χ3v) is 10.7. The number of benzene rings is 6. The maximum atomic E-state index is 15.4. The summed E-state index contributed by atoms with van der Waals surface area (Å²) in [6, 6.07) is 14.6. The average molecular weight is 1030 g/mol. The summed E-state index contributed by atoms with van der Waals surface area (Å²) in [5, 5.41) is 0. The quantitative estimate of drug-likeness (QED) is 0.0212. The van der Waals surface area contributed by atoms with Gasteiger partial charge in [-0.25, -0.2) is 92.6 Å². The number of hydrogen-bond donors (Lipinski definition) is 0. The minimum atomic E-state index is -7.22. The molecule has 0 aliphatic heterocycles. The standard InChI is InChI=1S/C24BF20.C21H19N2O3/c26-5-1(6(27)14(35)21(42)13(5)34)25(2-7(28)15(36)22(43)16(37)8(2)29,3-9(30)17(38)23(44)18(39)10(3)31)4-11(32)19(40)24(45)20(41)12(4)33;1-15-8-9-16(2)20(12-15)26-21(25)18-13-22-10-11-23(18)14-19(24)17-6-4-3-5-7-17/h;3-13H,14H2,1-2H3/q-1;+1. The van der Waals surface area contributed by atoms with Gasteiger partial charge in [0.15, 0.2) is 76.0 Å². The molecule has 0 atom stereocenters. The normalized spacial score (nSPS) is 11.4. The molecule has 0 N–H and O–H groups in total. The van der Waals surface area contributed by atoms with Crippen molar-refractivity contribution < 1.29 is 107 Å². The van der Waals surface area contributed by atoms with Crippen molar-refractivity contribution in [1.29, 1.82) is 0 Å². The summed E-state index contributed by atoms with van der Waals surface area (Å²) in [5.41, 5.74) is -11.7. The number of hydrogen-bond acceptors (Lipinski definition) is 4. The van der Waals surface area contributed by atoms with Crippen molar-refractivity contribution in [3.63, 3.8) is 0 Å². The van der Waals surface area contributed by atoms with Gasteiger partial charge in [0.1, 0.15) is 64.6 Å². The molecular formula is C45H19BF20N2O3. The third kappa shape index (κ3) is 8.78. The highest BCUT2D eigenvalue weighted by Crippen LogP contribution is 2.31. The van der Waals surface area contributed by atoms with Crippen molar-refractivity contribution in [2.45, 2.75) is 20.4 Å². The van der Waals surface area contributed by atoms with Gasteiger partial charge in [-0.05, 0) is 31.0 Å². The molecule has 0 aliphatic rings. The lowest BCUT2D eigenvalue weighted by atomic mass is 9.12. The third-order valence-electron chi connectivity index (χ3n) is 10.7. The molecule has 0 saturated heterocycles. The molecule has 370 valence electrons. The van der Waals surface area contributed by atoms with Crippen LogP contribution in [-0.2, 0) is 6.54 Å². The van der Waals surface area contributed by atoms with E-state index in [9.17, 15) is 62.3 Å². The molecule has 0 saturated carbocycles. The predicted molar refractivity (Wildman–Crippen MR) is 205 cm³/mol. The Balaban J connectivity index is 0.000000268. The monoisotopic (exact) mass is 1030 g/mol. The number of esters is 1. The number of carbonyl (C=O) groups excluding carboxylic acids is 2. The van der Waals surface area contributed by atoms with Crippen LogP contribution in [0.25, 0.3) is 0 Å². The molecule has 1 aromatic heterocycles. The maximum absolute atomic E-state index is 15.4. The SMILES string of the molecule is Cc1ccc(C)c(OC(=O)c2cncc[n+]2CC(=O)c2ccccc2)c1.Fc1c(F)c(F)c([B-](c2c(F)c(F)c(F)c(F)c2F)(c2c(F)c(F)c(F)c(F)c2F)c2c(F)c(F)c(F)c(F)c2F)c(F)c1F. The van der Waals surface area contributed by atoms with Crippen LogP contribution in [0.5, 0.6) is 5.75 Å². The first-order valence-electron chi connectivity index (χ1n) is 19.2. The first-order chi connectivity index (χ1) is 33.2. The van der Waals surface area contributed by atoms with Crippen molar-refractivity contribution >= 4 is 39.7 Å². The van der Waals surface area contributed by atoms with Gasteiger partial charge in [-0.1, -0.05) is 42.5 Å². The molecule has 0 spiro atoms. The smallest absolute Gasteiger partial charge is 0.410 e. The Morgan fingerprint density at radius 2 is 0.817 bits per heavy atom. The molecule has 6 aromatic carbocycles. The number of nitrogens with zero attached hydrogens (tertiary/aromatic N) is 2. The topological polar surface area (TPSA) is 60.1 Å². The second-order valence-corrected chi connectivity index (χ2v) is 14.8. The summed E-state index contributed by atoms with van der Waals surface area (Å²) in [6.45, 7) is 3.83. The van der Waals surface area contributed by atoms with Crippen LogP contribution in [0.4, 0.5) is 87.8 Å². The Hall–Kier alpha value is -7.80. The summed E-state index contributed by atoms with van der Waals surface area (Å²) in [4.78, 5) is 29.1. The lowest BCUT2D eigenvalue weighted by Gasteiger charge is -2.44. The van der Waals surface area contributed by atoms with E-state index in [-0.39, 0.29) is 18.0 Å². The number of rotatable bonds is 9. The summed E-state index contributed by atoms with van der Waals surface area (Å²) in [6.07, 6.45) is -2.68. The molecule has 5 nitrogen and oxygen atoms in total. The summed E-state index contributed by atoms with van der Waals surface area (Å²) in [5.74, 6) is -71.5. The van der Waals surface area contributed by atoms with Crippen molar-refractivity contribution in [2.75, 3.05) is 0 Å². The van der Waals surface area contributed by atoms with Crippen LogP contribution < -0.4 is 31.2 Å². The summed E-state index contributed by atoms with van der Waals surface area (Å²) in [7, 11) is 0. The van der Waals surface area contributed by atoms with Crippen LogP contribution in [-0.4, -0.2) is 22.9 Å². The van der Waals surface area contributed by atoms with Crippen LogP contribution in [0.2, 0.25) is 0 Å². The number of aryl methyl sites for hydroxylation is 2. The van der Waals surface area contributed by atoms with E-state index in [1.54, 1.807) is 35.0 Å². The van der Waals surface area contributed by atoms with Gasteiger partial charge in [0.2, 0.25) is 12.3 Å². The van der Waals surface area contributed by atoms with Crippen LogP contribution in [0.3, 0.4) is 0 Å². The van der Waals surface area contributed by atoms with Gasteiger partial charge in [-0.15, -0.1) is 21.9 Å². The molecule has 7 aromatic rings. The fourth-order valence-corrected chi connectivity index (χ4v) is 7.41. The van der Waals surface area contributed by atoms with Gasteiger partial charge in [0.25, 0.3) is 0 Å². The zero-order chi connectivity index (χ0) is 52.9. The highest BCUT2D eigenvalue weighted by molar-refractivity contribution is 7.20. The number of ketones is 1. The fourth-order valence-electron chi connectivity index (χ4n) is 7.41. The highest BCUT2D eigenvalue weighted by atomic mass is 19.2. The second kappa shape index (κ2) is 19.9. The summed E-state index contributed by atoms with van der Waals surface area (Å²) >= 11 is 0. The lowest BCUT2D eigenvalue weighted by Crippen LogP contribution is -2.81. The van der Waals surface area contributed by atoms with E-state index in [0.717, 1.165) is 11.1 Å². The number of Topliss-reactive ketones (excluding diaryl/α,β-unsaturated/α-hetero) is 1. The molecule has 71 heavy (non-hydrogen) atoms.